The van der Waals surface area contributed by atoms with Gasteiger partial charge in [-0.05, 0) is 0 Å². The predicted molar refractivity (Wildman–Crippen MR) is 43.2 cm³/mol. The molecule has 5 unspecified atom stereocenters. The fraction of sp³-hybridized carbons (Fsp3) is 0.625. The molecule has 0 aromatic heterocycles. The average molecular weight is 202 g/mol. The molecule has 0 bridgehead atoms. The van der Waals surface area contributed by atoms with E-state index in [2.05, 4.69) is 0 Å². The molecule has 1 aliphatic rings. The monoisotopic (exact) mass is 202 g/mol. The lowest BCUT2D eigenvalue weighted by atomic mass is 9.95. The lowest BCUT2D eigenvalue weighted by Gasteiger charge is -2.36. The van der Waals surface area contributed by atoms with E-state index in [0.29, 0.717) is 0 Å². The van der Waals surface area contributed by atoms with E-state index in [1.165, 1.54) is 0 Å². The molecule has 0 spiro atoms. The molecule has 0 saturated carbocycles. The highest BCUT2D eigenvalue weighted by atomic mass is 16.6. The fourth-order valence-electron chi connectivity index (χ4n) is 1.22. The maximum absolute atomic E-state index is 10.5. The summed E-state index contributed by atoms with van der Waals surface area (Å²) in [6, 6.07) is 0. The number of aliphatic hydroxyl groups excluding tert-OH is 3. The van der Waals surface area contributed by atoms with E-state index in [4.69, 9.17) is 16.3 Å². The first-order chi connectivity index (χ1) is 6.49. The molecule has 1 aliphatic heterocycles. The lowest BCUT2D eigenvalue weighted by Crippen LogP contribution is -2.59. The van der Waals surface area contributed by atoms with Crippen molar-refractivity contribution in [3.05, 3.63) is 0 Å². The minimum Gasteiger partial charge on any atom is -0.479 e. The lowest BCUT2D eigenvalue weighted by molar-refractivity contribution is -0.215. The summed E-state index contributed by atoms with van der Waals surface area (Å²) >= 11 is 0. The number of rotatable bonds is 1. The number of aliphatic carboxylic acids is 1. The van der Waals surface area contributed by atoms with Crippen molar-refractivity contribution in [1.82, 2.24) is 0 Å². The van der Waals surface area contributed by atoms with Crippen molar-refractivity contribution in [2.75, 3.05) is 0 Å². The highest BCUT2D eigenvalue weighted by Gasteiger charge is 2.46. The summed E-state index contributed by atoms with van der Waals surface area (Å²) in [5, 5.41) is 36.3. The summed E-state index contributed by atoms with van der Waals surface area (Å²) in [5.74, 6) is 0.542. The van der Waals surface area contributed by atoms with E-state index in [1.54, 1.807) is 0 Å². The largest absolute Gasteiger partial charge is 0.479 e. The normalized spacial score (nSPS) is 42.9. The van der Waals surface area contributed by atoms with Crippen molar-refractivity contribution in [3.8, 4) is 12.3 Å². The van der Waals surface area contributed by atoms with Crippen LogP contribution in [0.4, 0.5) is 0 Å². The molecular weight excluding hydrogens is 192 g/mol. The molecule has 5 atom stereocenters. The molecule has 0 aromatic carbocycles. The SMILES string of the molecule is C#CC1OC(C(=O)O)C(O)C(O)C1O. The second-order valence-corrected chi connectivity index (χ2v) is 2.95. The van der Waals surface area contributed by atoms with Gasteiger partial charge in [0, 0.05) is 0 Å². The molecule has 1 fully saturated rings. The predicted octanol–water partition coefficient (Wildman–Crippen LogP) is -2.45. The molecule has 6 heteroatoms. The molecule has 78 valence electrons. The fourth-order valence-corrected chi connectivity index (χ4v) is 1.22. The Kier molecular flexibility index (Phi) is 3.08. The van der Waals surface area contributed by atoms with E-state index >= 15 is 0 Å². The smallest absolute Gasteiger partial charge is 0.335 e. The summed E-state index contributed by atoms with van der Waals surface area (Å²) in [6.07, 6.45) is -2.69. The van der Waals surface area contributed by atoms with Crippen molar-refractivity contribution in [2.45, 2.75) is 30.5 Å². The van der Waals surface area contributed by atoms with Gasteiger partial charge in [-0.1, -0.05) is 5.92 Å². The first kappa shape index (κ1) is 10.9. The van der Waals surface area contributed by atoms with Crippen LogP contribution >= 0.6 is 0 Å². The molecule has 0 aliphatic carbocycles. The summed E-state index contributed by atoms with van der Waals surface area (Å²) in [7, 11) is 0. The average Bonchev–Trinajstić information content (AvgIpc) is 2.14. The van der Waals surface area contributed by atoms with Gasteiger partial charge in [0.15, 0.2) is 6.10 Å². The van der Waals surface area contributed by atoms with Crippen LogP contribution in [0, 0.1) is 12.3 Å². The van der Waals surface area contributed by atoms with E-state index in [-0.39, 0.29) is 0 Å². The Morgan fingerprint density at radius 1 is 1.21 bits per heavy atom. The Labute approximate surface area is 79.7 Å². The molecule has 1 heterocycles. The van der Waals surface area contributed by atoms with Crippen LogP contribution in [-0.4, -0.2) is 56.9 Å². The molecule has 6 nitrogen and oxygen atoms in total. The van der Waals surface area contributed by atoms with Crippen LogP contribution in [0.2, 0.25) is 0 Å². The van der Waals surface area contributed by atoms with Crippen LogP contribution < -0.4 is 0 Å². The molecule has 4 N–H and O–H groups in total. The van der Waals surface area contributed by atoms with Gasteiger partial charge in [-0.15, -0.1) is 6.42 Å². The maximum atomic E-state index is 10.5. The third-order valence-electron chi connectivity index (χ3n) is 2.02. The van der Waals surface area contributed by atoms with Crippen molar-refractivity contribution >= 4 is 5.97 Å². The zero-order valence-electron chi connectivity index (χ0n) is 7.07. The van der Waals surface area contributed by atoms with Gasteiger partial charge in [-0.2, -0.15) is 0 Å². The van der Waals surface area contributed by atoms with Crippen LogP contribution in [0.15, 0.2) is 0 Å². The number of hydrogen-bond donors (Lipinski definition) is 4. The highest BCUT2D eigenvalue weighted by Crippen LogP contribution is 2.20. The van der Waals surface area contributed by atoms with Crippen LogP contribution in [0.5, 0.6) is 0 Å². The van der Waals surface area contributed by atoms with Crippen molar-refractivity contribution in [2.24, 2.45) is 0 Å². The van der Waals surface area contributed by atoms with Crippen LogP contribution in [0.1, 0.15) is 0 Å². The van der Waals surface area contributed by atoms with Crippen molar-refractivity contribution in [3.63, 3.8) is 0 Å². The van der Waals surface area contributed by atoms with E-state index in [0.717, 1.165) is 0 Å². The van der Waals surface area contributed by atoms with Crippen LogP contribution in [0.25, 0.3) is 0 Å². The summed E-state index contributed by atoms with van der Waals surface area (Å²) < 4.78 is 4.70. The number of hydrogen-bond acceptors (Lipinski definition) is 5. The van der Waals surface area contributed by atoms with Gasteiger partial charge in [0.05, 0.1) is 0 Å². The molecule has 1 rings (SSSR count). The third-order valence-corrected chi connectivity index (χ3v) is 2.02. The molecule has 1 saturated heterocycles. The van der Waals surface area contributed by atoms with E-state index in [1.807, 2.05) is 5.92 Å². The van der Waals surface area contributed by atoms with Gasteiger partial charge in [-0.25, -0.2) is 4.79 Å². The topological polar surface area (TPSA) is 107 Å². The van der Waals surface area contributed by atoms with E-state index < -0.39 is 36.5 Å². The van der Waals surface area contributed by atoms with Gasteiger partial charge >= 0.3 is 5.97 Å². The Morgan fingerprint density at radius 2 is 1.79 bits per heavy atom. The molecule has 0 amide bonds. The zero-order chi connectivity index (χ0) is 10.9. The van der Waals surface area contributed by atoms with Gasteiger partial charge in [0.2, 0.25) is 0 Å². The number of ether oxygens (including phenoxy) is 1. The summed E-state index contributed by atoms with van der Waals surface area (Å²) in [5.41, 5.74) is 0. The second-order valence-electron chi connectivity index (χ2n) is 2.95. The number of aliphatic hydroxyl groups is 3. The first-order valence-corrected chi connectivity index (χ1v) is 3.87. The van der Waals surface area contributed by atoms with Crippen molar-refractivity contribution in [1.29, 1.82) is 0 Å². The van der Waals surface area contributed by atoms with Gasteiger partial charge in [0.1, 0.15) is 24.4 Å². The van der Waals surface area contributed by atoms with Crippen LogP contribution in [-0.2, 0) is 9.53 Å². The Morgan fingerprint density at radius 3 is 2.21 bits per heavy atom. The first-order valence-electron chi connectivity index (χ1n) is 3.87. The van der Waals surface area contributed by atoms with Gasteiger partial charge in [0.25, 0.3) is 0 Å². The molecular formula is C8H10O6. The van der Waals surface area contributed by atoms with Gasteiger partial charge < -0.3 is 25.2 Å². The summed E-state index contributed by atoms with van der Waals surface area (Å²) in [6.45, 7) is 0. The number of terminal acetylenes is 1. The van der Waals surface area contributed by atoms with E-state index in [9.17, 15) is 20.1 Å². The molecule has 14 heavy (non-hydrogen) atoms. The Hall–Kier alpha value is -1.13. The standard InChI is InChI=1S/C8H10O6/c1-2-3-4(9)5(10)6(11)7(14-3)8(12)13/h1,3-7,9-11H,(H,12,13). The highest BCUT2D eigenvalue weighted by molar-refractivity contribution is 5.73. The summed E-state index contributed by atoms with van der Waals surface area (Å²) in [4.78, 5) is 10.5. The minimum absolute atomic E-state index is 1.23. The van der Waals surface area contributed by atoms with Crippen molar-refractivity contribution < 1.29 is 30.0 Å². The zero-order valence-corrected chi connectivity index (χ0v) is 7.07. The Bertz CT molecular complexity index is 269. The Balaban J connectivity index is 2.85. The number of carbonyl (C=O) groups is 1. The quantitative estimate of drug-likeness (QED) is 0.352. The number of carboxylic acids is 1. The maximum Gasteiger partial charge on any atom is 0.335 e. The van der Waals surface area contributed by atoms with Gasteiger partial charge in [-0.3, -0.25) is 0 Å². The third kappa shape index (κ3) is 1.71. The number of carboxylic acid groups (broad SMARTS) is 1. The second kappa shape index (κ2) is 3.94. The minimum atomic E-state index is -1.69. The molecule has 0 radical (unpaired) electrons. The van der Waals surface area contributed by atoms with Crippen LogP contribution in [0.3, 0.4) is 0 Å². The molecule has 0 aromatic rings.